The summed E-state index contributed by atoms with van der Waals surface area (Å²) in [5, 5.41) is 5.15. The van der Waals surface area contributed by atoms with Gasteiger partial charge in [-0.3, -0.25) is 9.69 Å². The minimum Gasteiger partial charge on any atom is -0.369 e. The third-order valence-corrected chi connectivity index (χ3v) is 5.59. The number of para-hydroxylation sites is 1. The molecule has 0 atom stereocenters. The van der Waals surface area contributed by atoms with Crippen LogP contribution in [0.15, 0.2) is 47.8 Å². The number of hydrogen-bond acceptors (Lipinski definition) is 4. The molecule has 1 amide bonds. The van der Waals surface area contributed by atoms with Gasteiger partial charge in [-0.15, -0.1) is 11.3 Å². The largest absolute Gasteiger partial charge is 0.369 e. The first kappa shape index (κ1) is 18.0. The van der Waals surface area contributed by atoms with E-state index in [1.807, 2.05) is 0 Å². The van der Waals surface area contributed by atoms with Crippen molar-refractivity contribution in [1.29, 1.82) is 0 Å². The van der Waals surface area contributed by atoms with Crippen molar-refractivity contribution >= 4 is 22.9 Å². The van der Waals surface area contributed by atoms with Crippen LogP contribution in [-0.2, 0) is 11.2 Å². The maximum absolute atomic E-state index is 11.9. The summed E-state index contributed by atoms with van der Waals surface area (Å²) in [4.78, 5) is 18.1. The van der Waals surface area contributed by atoms with Gasteiger partial charge in [-0.1, -0.05) is 24.3 Å². The molecule has 1 fully saturated rings. The third kappa shape index (κ3) is 5.87. The highest BCUT2D eigenvalue weighted by Crippen LogP contribution is 2.15. The first-order valence-electron chi connectivity index (χ1n) is 9.13. The maximum atomic E-state index is 11.9. The van der Waals surface area contributed by atoms with Gasteiger partial charge >= 0.3 is 0 Å². The second-order valence-electron chi connectivity index (χ2n) is 6.45. The van der Waals surface area contributed by atoms with E-state index in [0.29, 0.717) is 6.42 Å². The number of carbonyl (C=O) groups excluding carboxylic acids is 1. The lowest BCUT2D eigenvalue weighted by Crippen LogP contribution is -2.48. The van der Waals surface area contributed by atoms with Gasteiger partial charge in [0.15, 0.2) is 0 Å². The van der Waals surface area contributed by atoms with E-state index in [1.54, 1.807) is 11.3 Å². The van der Waals surface area contributed by atoms with Crippen molar-refractivity contribution in [2.24, 2.45) is 0 Å². The molecule has 134 valence electrons. The molecule has 1 aliphatic heterocycles. The van der Waals surface area contributed by atoms with Gasteiger partial charge in [0.25, 0.3) is 0 Å². The molecule has 0 aliphatic carbocycles. The Balaban J connectivity index is 1.26. The Kier molecular flexibility index (Phi) is 6.89. The Bertz CT molecular complexity index is 622. The Hall–Kier alpha value is -1.85. The molecule has 0 bridgehead atoms. The number of thiophene rings is 1. The van der Waals surface area contributed by atoms with Gasteiger partial charge in [0.05, 0.1) is 0 Å². The van der Waals surface area contributed by atoms with Crippen molar-refractivity contribution in [3.8, 4) is 0 Å². The summed E-state index contributed by atoms with van der Waals surface area (Å²) in [6, 6.07) is 14.8. The van der Waals surface area contributed by atoms with Crippen LogP contribution in [0.5, 0.6) is 0 Å². The number of nitrogens with zero attached hydrogens (tertiary/aromatic N) is 2. The lowest BCUT2D eigenvalue weighted by molar-refractivity contribution is -0.121. The molecular formula is C20H27N3OS. The number of piperazine rings is 1. The fraction of sp³-hybridized carbons (Fsp3) is 0.450. The van der Waals surface area contributed by atoms with E-state index in [1.165, 1.54) is 10.6 Å². The number of amides is 1. The van der Waals surface area contributed by atoms with Crippen molar-refractivity contribution in [3.05, 3.63) is 52.7 Å². The number of rotatable bonds is 8. The van der Waals surface area contributed by atoms with E-state index in [4.69, 9.17) is 0 Å². The maximum Gasteiger partial charge on any atom is 0.220 e. The summed E-state index contributed by atoms with van der Waals surface area (Å²) in [5.74, 6) is 0.180. The van der Waals surface area contributed by atoms with E-state index in [0.717, 1.165) is 52.1 Å². The highest BCUT2D eigenvalue weighted by atomic mass is 32.1. The molecule has 5 heteroatoms. The standard InChI is InChI=1S/C20H27N3OS/c24-20(10-4-8-19-9-5-17-25-19)21-11-12-22-13-15-23(16-14-22)18-6-2-1-3-7-18/h1-3,5-7,9,17H,4,8,10-16H2,(H,21,24). The molecule has 0 saturated carbocycles. The van der Waals surface area contributed by atoms with Crippen molar-refractivity contribution < 1.29 is 4.79 Å². The van der Waals surface area contributed by atoms with Crippen molar-refractivity contribution in [2.75, 3.05) is 44.2 Å². The summed E-state index contributed by atoms with van der Waals surface area (Å²) in [5.41, 5.74) is 1.31. The molecule has 1 N–H and O–H groups in total. The van der Waals surface area contributed by atoms with Crippen LogP contribution >= 0.6 is 11.3 Å². The van der Waals surface area contributed by atoms with E-state index >= 15 is 0 Å². The van der Waals surface area contributed by atoms with Gasteiger partial charge in [0.1, 0.15) is 0 Å². The van der Waals surface area contributed by atoms with Crippen LogP contribution in [0.2, 0.25) is 0 Å². The lowest BCUT2D eigenvalue weighted by Gasteiger charge is -2.36. The number of hydrogen-bond donors (Lipinski definition) is 1. The predicted octanol–water partition coefficient (Wildman–Crippen LogP) is 3.01. The topological polar surface area (TPSA) is 35.6 Å². The van der Waals surface area contributed by atoms with E-state index < -0.39 is 0 Å². The zero-order valence-corrected chi connectivity index (χ0v) is 15.5. The van der Waals surface area contributed by atoms with Gasteiger partial charge in [0, 0.05) is 56.3 Å². The molecule has 0 unspecified atom stereocenters. The predicted molar refractivity (Wildman–Crippen MR) is 105 cm³/mol. The Morgan fingerprint density at radius 3 is 2.56 bits per heavy atom. The monoisotopic (exact) mass is 357 g/mol. The van der Waals surface area contributed by atoms with Crippen LogP contribution in [0.25, 0.3) is 0 Å². The van der Waals surface area contributed by atoms with Crippen molar-refractivity contribution in [3.63, 3.8) is 0 Å². The highest BCUT2D eigenvalue weighted by molar-refractivity contribution is 7.09. The smallest absolute Gasteiger partial charge is 0.220 e. The molecule has 1 aromatic heterocycles. The first-order valence-corrected chi connectivity index (χ1v) is 10.0. The van der Waals surface area contributed by atoms with Gasteiger partial charge < -0.3 is 10.2 Å². The quantitative estimate of drug-likeness (QED) is 0.789. The molecule has 1 saturated heterocycles. The summed E-state index contributed by atoms with van der Waals surface area (Å²) in [7, 11) is 0. The zero-order chi connectivity index (χ0) is 17.3. The molecular weight excluding hydrogens is 330 g/mol. The van der Waals surface area contributed by atoms with Crippen LogP contribution in [0.4, 0.5) is 5.69 Å². The van der Waals surface area contributed by atoms with Crippen LogP contribution in [0.3, 0.4) is 0 Å². The SMILES string of the molecule is O=C(CCCc1cccs1)NCCN1CCN(c2ccccc2)CC1. The fourth-order valence-corrected chi connectivity index (χ4v) is 3.94. The van der Waals surface area contributed by atoms with Crippen LogP contribution < -0.4 is 10.2 Å². The Morgan fingerprint density at radius 2 is 1.84 bits per heavy atom. The number of benzene rings is 1. The molecule has 0 spiro atoms. The Morgan fingerprint density at radius 1 is 1.04 bits per heavy atom. The summed E-state index contributed by atoms with van der Waals surface area (Å²) in [6.45, 7) is 5.92. The molecule has 0 radical (unpaired) electrons. The first-order chi connectivity index (χ1) is 12.3. The van der Waals surface area contributed by atoms with Crippen LogP contribution in [0.1, 0.15) is 17.7 Å². The number of anilines is 1. The number of carbonyl (C=O) groups is 1. The third-order valence-electron chi connectivity index (χ3n) is 4.65. The van der Waals surface area contributed by atoms with Crippen molar-refractivity contribution in [2.45, 2.75) is 19.3 Å². The highest BCUT2D eigenvalue weighted by Gasteiger charge is 2.16. The lowest BCUT2D eigenvalue weighted by atomic mass is 10.2. The molecule has 1 aromatic carbocycles. The number of aryl methyl sites for hydroxylation is 1. The van der Waals surface area contributed by atoms with E-state index in [2.05, 4.69) is 63.0 Å². The van der Waals surface area contributed by atoms with Gasteiger partial charge in [-0.2, -0.15) is 0 Å². The molecule has 2 aromatic rings. The fourth-order valence-electron chi connectivity index (χ4n) is 3.19. The Labute approximate surface area is 154 Å². The minimum atomic E-state index is 0.180. The normalized spacial score (nSPS) is 15.3. The van der Waals surface area contributed by atoms with E-state index in [-0.39, 0.29) is 5.91 Å². The van der Waals surface area contributed by atoms with E-state index in [9.17, 15) is 4.79 Å². The van der Waals surface area contributed by atoms with Gasteiger partial charge in [-0.05, 0) is 36.4 Å². The summed E-state index contributed by atoms with van der Waals surface area (Å²) in [6.07, 6.45) is 2.56. The second-order valence-corrected chi connectivity index (χ2v) is 7.48. The van der Waals surface area contributed by atoms with Gasteiger partial charge in [0.2, 0.25) is 5.91 Å². The zero-order valence-electron chi connectivity index (χ0n) is 14.7. The minimum absolute atomic E-state index is 0.180. The molecule has 2 heterocycles. The molecule has 4 nitrogen and oxygen atoms in total. The molecule has 3 rings (SSSR count). The average Bonchev–Trinajstić information content (AvgIpc) is 3.16. The summed E-state index contributed by atoms with van der Waals surface area (Å²) >= 11 is 1.77. The second kappa shape index (κ2) is 9.59. The van der Waals surface area contributed by atoms with Gasteiger partial charge in [-0.25, -0.2) is 0 Å². The summed E-state index contributed by atoms with van der Waals surface area (Å²) < 4.78 is 0. The molecule has 1 aliphatic rings. The van der Waals surface area contributed by atoms with Crippen LogP contribution in [0, 0.1) is 0 Å². The van der Waals surface area contributed by atoms with Crippen molar-refractivity contribution in [1.82, 2.24) is 10.2 Å². The number of nitrogens with one attached hydrogen (secondary N) is 1. The van der Waals surface area contributed by atoms with Crippen LogP contribution in [-0.4, -0.2) is 50.1 Å². The average molecular weight is 358 g/mol. The molecule has 25 heavy (non-hydrogen) atoms.